The molecule has 0 amide bonds. The largest absolute Gasteiger partial charge is 0.381 e. The number of hydrogen-bond donors (Lipinski definition) is 1. The minimum absolute atomic E-state index is 0.338. The average Bonchev–Trinajstić information content (AvgIpc) is 2.83. The smallest absolute Gasteiger partial charge is 0.124 e. The van der Waals surface area contributed by atoms with Crippen molar-refractivity contribution in [1.82, 2.24) is 5.32 Å². The lowest BCUT2D eigenvalue weighted by atomic mass is 10.1. The van der Waals surface area contributed by atoms with Gasteiger partial charge >= 0.3 is 0 Å². The number of methoxy groups -OCH3 is 1. The molecule has 1 N–H and O–H groups in total. The first-order chi connectivity index (χ1) is 8.71. The molecule has 18 heavy (non-hydrogen) atoms. The van der Waals surface area contributed by atoms with Crippen molar-refractivity contribution in [3.8, 4) is 6.07 Å². The molecule has 4 heteroatoms. The summed E-state index contributed by atoms with van der Waals surface area (Å²) in [6, 6.07) is 6.82. The topological polar surface area (TPSA) is 45.0 Å². The van der Waals surface area contributed by atoms with Crippen molar-refractivity contribution in [2.24, 2.45) is 0 Å². The molecule has 0 spiro atoms. The SMILES string of the molecule is COC1CCC(NCc2cc(F)cc(C#N)c2)C1. The monoisotopic (exact) mass is 248 g/mol. The lowest BCUT2D eigenvalue weighted by Gasteiger charge is -2.13. The van der Waals surface area contributed by atoms with Gasteiger partial charge in [-0.1, -0.05) is 0 Å². The molecule has 0 bridgehead atoms. The van der Waals surface area contributed by atoms with E-state index in [9.17, 15) is 4.39 Å². The van der Waals surface area contributed by atoms with E-state index in [2.05, 4.69) is 5.32 Å². The standard InChI is InChI=1S/C14H17FN2O/c1-18-14-3-2-13(7-14)17-9-11-4-10(8-16)5-12(15)6-11/h4-6,13-14,17H,2-3,7,9H2,1H3. The summed E-state index contributed by atoms with van der Waals surface area (Å²) in [5.74, 6) is -0.355. The fourth-order valence-electron chi connectivity index (χ4n) is 2.42. The van der Waals surface area contributed by atoms with Gasteiger partial charge in [-0.15, -0.1) is 0 Å². The van der Waals surface area contributed by atoms with Gasteiger partial charge in [-0.25, -0.2) is 4.39 Å². The number of nitriles is 1. The number of nitrogens with one attached hydrogen (secondary N) is 1. The van der Waals surface area contributed by atoms with Crippen LogP contribution in [0.5, 0.6) is 0 Å². The number of hydrogen-bond acceptors (Lipinski definition) is 3. The van der Waals surface area contributed by atoms with Gasteiger partial charge in [0.1, 0.15) is 5.82 Å². The van der Waals surface area contributed by atoms with Gasteiger partial charge in [0.2, 0.25) is 0 Å². The molecule has 1 aromatic rings. The van der Waals surface area contributed by atoms with Crippen LogP contribution in [-0.4, -0.2) is 19.3 Å². The molecule has 0 aliphatic heterocycles. The average molecular weight is 248 g/mol. The molecule has 0 aromatic heterocycles. The summed E-state index contributed by atoms with van der Waals surface area (Å²) >= 11 is 0. The molecule has 0 saturated heterocycles. The Morgan fingerprint density at radius 1 is 1.44 bits per heavy atom. The zero-order chi connectivity index (χ0) is 13.0. The van der Waals surface area contributed by atoms with Crippen LogP contribution in [0.25, 0.3) is 0 Å². The first-order valence-electron chi connectivity index (χ1n) is 6.17. The van der Waals surface area contributed by atoms with Crippen LogP contribution in [0.2, 0.25) is 0 Å². The van der Waals surface area contributed by atoms with Crippen molar-refractivity contribution in [2.75, 3.05) is 7.11 Å². The first kappa shape index (κ1) is 13.0. The van der Waals surface area contributed by atoms with E-state index in [4.69, 9.17) is 10.00 Å². The Kier molecular flexibility index (Phi) is 4.29. The Hall–Kier alpha value is -1.44. The van der Waals surface area contributed by atoms with Crippen molar-refractivity contribution in [2.45, 2.75) is 38.0 Å². The first-order valence-corrected chi connectivity index (χ1v) is 6.17. The van der Waals surface area contributed by atoms with Crippen molar-refractivity contribution in [3.63, 3.8) is 0 Å². The maximum absolute atomic E-state index is 13.2. The predicted molar refractivity (Wildman–Crippen MR) is 66.4 cm³/mol. The lowest BCUT2D eigenvalue weighted by Crippen LogP contribution is -2.26. The number of halogens is 1. The molecule has 1 fully saturated rings. The van der Waals surface area contributed by atoms with Crippen LogP contribution in [0.15, 0.2) is 18.2 Å². The molecule has 2 unspecified atom stereocenters. The van der Waals surface area contributed by atoms with E-state index in [1.54, 1.807) is 13.2 Å². The van der Waals surface area contributed by atoms with Crippen LogP contribution in [0.4, 0.5) is 4.39 Å². The maximum Gasteiger partial charge on any atom is 0.124 e. The molecule has 1 aromatic carbocycles. The van der Waals surface area contributed by atoms with Crippen molar-refractivity contribution < 1.29 is 9.13 Å². The van der Waals surface area contributed by atoms with E-state index >= 15 is 0 Å². The third-order valence-electron chi connectivity index (χ3n) is 3.40. The van der Waals surface area contributed by atoms with Crippen LogP contribution in [0.3, 0.4) is 0 Å². The van der Waals surface area contributed by atoms with Gasteiger partial charge in [0.05, 0.1) is 17.7 Å². The van der Waals surface area contributed by atoms with E-state index in [1.807, 2.05) is 6.07 Å². The van der Waals surface area contributed by atoms with Crippen molar-refractivity contribution in [3.05, 3.63) is 35.1 Å². The van der Waals surface area contributed by atoms with Gasteiger partial charge in [0.25, 0.3) is 0 Å². The predicted octanol–water partition coefficient (Wildman–Crippen LogP) is 2.35. The number of rotatable bonds is 4. The normalized spacial score (nSPS) is 22.9. The van der Waals surface area contributed by atoms with Crippen molar-refractivity contribution >= 4 is 0 Å². The molecule has 2 rings (SSSR count). The second-order valence-electron chi connectivity index (χ2n) is 4.71. The molecular formula is C14H17FN2O. The fraction of sp³-hybridized carbons (Fsp3) is 0.500. The highest BCUT2D eigenvalue weighted by Gasteiger charge is 2.23. The Balaban J connectivity index is 1.91. The van der Waals surface area contributed by atoms with E-state index < -0.39 is 0 Å². The summed E-state index contributed by atoms with van der Waals surface area (Å²) in [6.45, 7) is 0.591. The van der Waals surface area contributed by atoms with Gasteiger partial charge in [0.15, 0.2) is 0 Å². The molecule has 96 valence electrons. The van der Waals surface area contributed by atoms with Crippen molar-refractivity contribution in [1.29, 1.82) is 5.26 Å². The highest BCUT2D eigenvalue weighted by molar-refractivity contribution is 5.33. The highest BCUT2D eigenvalue weighted by Crippen LogP contribution is 2.21. The maximum atomic E-state index is 13.2. The quantitative estimate of drug-likeness (QED) is 0.889. The number of nitrogens with zero attached hydrogens (tertiary/aromatic N) is 1. The van der Waals surface area contributed by atoms with Crippen LogP contribution in [0, 0.1) is 17.1 Å². The summed E-state index contributed by atoms with van der Waals surface area (Å²) in [6.07, 6.45) is 3.49. The summed E-state index contributed by atoms with van der Waals surface area (Å²) in [7, 11) is 1.73. The lowest BCUT2D eigenvalue weighted by molar-refractivity contribution is 0.107. The Labute approximate surface area is 107 Å². The van der Waals surface area contributed by atoms with Gasteiger partial charge in [-0.05, 0) is 43.0 Å². The number of benzene rings is 1. The third kappa shape index (κ3) is 3.28. The zero-order valence-electron chi connectivity index (χ0n) is 10.4. The minimum Gasteiger partial charge on any atom is -0.381 e. The van der Waals surface area contributed by atoms with Crippen LogP contribution >= 0.6 is 0 Å². The van der Waals surface area contributed by atoms with E-state index in [0.29, 0.717) is 24.3 Å². The molecule has 1 aliphatic carbocycles. The number of ether oxygens (including phenoxy) is 1. The minimum atomic E-state index is -0.355. The van der Waals surface area contributed by atoms with Gasteiger partial charge in [-0.3, -0.25) is 0 Å². The van der Waals surface area contributed by atoms with Crippen LogP contribution < -0.4 is 5.32 Å². The van der Waals surface area contributed by atoms with Crippen LogP contribution in [0.1, 0.15) is 30.4 Å². The third-order valence-corrected chi connectivity index (χ3v) is 3.40. The van der Waals surface area contributed by atoms with E-state index in [-0.39, 0.29) is 5.82 Å². The van der Waals surface area contributed by atoms with E-state index in [0.717, 1.165) is 24.8 Å². The van der Waals surface area contributed by atoms with Gasteiger partial charge in [-0.2, -0.15) is 5.26 Å². The second kappa shape index (κ2) is 5.94. The van der Waals surface area contributed by atoms with Crippen LogP contribution in [-0.2, 0) is 11.3 Å². The Morgan fingerprint density at radius 2 is 2.28 bits per heavy atom. The Bertz CT molecular complexity index is 456. The fourth-order valence-corrected chi connectivity index (χ4v) is 2.42. The molecule has 3 nitrogen and oxygen atoms in total. The summed E-state index contributed by atoms with van der Waals surface area (Å²) in [5.41, 5.74) is 1.18. The molecule has 2 atom stereocenters. The highest BCUT2D eigenvalue weighted by atomic mass is 19.1. The summed E-state index contributed by atoms with van der Waals surface area (Å²) in [5, 5.41) is 12.2. The molecule has 1 aliphatic rings. The van der Waals surface area contributed by atoms with Gasteiger partial charge in [0, 0.05) is 19.7 Å². The van der Waals surface area contributed by atoms with Gasteiger partial charge < -0.3 is 10.1 Å². The molecule has 1 saturated carbocycles. The Morgan fingerprint density at radius 3 is 2.94 bits per heavy atom. The molecule has 0 radical (unpaired) electrons. The van der Waals surface area contributed by atoms with E-state index in [1.165, 1.54) is 12.1 Å². The molecule has 0 heterocycles. The zero-order valence-corrected chi connectivity index (χ0v) is 10.4. The summed E-state index contributed by atoms with van der Waals surface area (Å²) in [4.78, 5) is 0. The summed E-state index contributed by atoms with van der Waals surface area (Å²) < 4.78 is 18.5. The molecular weight excluding hydrogens is 231 g/mol. The second-order valence-corrected chi connectivity index (χ2v) is 4.71.